The molecule has 1 aromatic rings. The molecule has 2 aliphatic rings. The molecule has 3 heteroatoms. The molecule has 0 spiro atoms. The molecule has 100 valence electrons. The molecule has 1 unspecified atom stereocenters. The average molecular weight is 247 g/mol. The molecule has 3 rings (SSSR count). The number of hydrogen-bond acceptors (Lipinski definition) is 2. The van der Waals surface area contributed by atoms with Gasteiger partial charge in [-0.3, -0.25) is 4.68 Å². The van der Waals surface area contributed by atoms with Crippen LogP contribution in [0.4, 0.5) is 0 Å². The second kappa shape index (κ2) is 4.69. The van der Waals surface area contributed by atoms with Gasteiger partial charge in [0, 0.05) is 29.8 Å². The van der Waals surface area contributed by atoms with Crippen molar-refractivity contribution in [1.82, 2.24) is 15.1 Å². The average Bonchev–Trinajstić information content (AvgIpc) is 3.22. The summed E-state index contributed by atoms with van der Waals surface area (Å²) in [5.74, 6) is 1.67. The summed E-state index contributed by atoms with van der Waals surface area (Å²) in [6, 6.07) is 1.15. The van der Waals surface area contributed by atoms with Crippen LogP contribution in [0.25, 0.3) is 0 Å². The van der Waals surface area contributed by atoms with E-state index in [1.54, 1.807) is 0 Å². The van der Waals surface area contributed by atoms with E-state index in [9.17, 15) is 0 Å². The van der Waals surface area contributed by atoms with Gasteiger partial charge >= 0.3 is 0 Å². The molecule has 1 heterocycles. The van der Waals surface area contributed by atoms with Crippen LogP contribution in [-0.2, 0) is 6.54 Å². The van der Waals surface area contributed by atoms with E-state index in [0.717, 1.165) is 18.4 Å². The molecule has 2 aliphatic carbocycles. The Kier molecular flexibility index (Phi) is 3.18. The smallest absolute Gasteiger partial charge is 0.0537 e. The first-order valence-corrected chi connectivity index (χ1v) is 7.46. The lowest BCUT2D eigenvalue weighted by Gasteiger charge is -2.16. The molecular formula is C15H25N3. The summed E-state index contributed by atoms with van der Waals surface area (Å²) >= 11 is 0. The SMILES string of the molecule is CC(C)NCc1cnn(C(C)C2CC2)c1C1CC1. The first kappa shape index (κ1) is 12.2. The summed E-state index contributed by atoms with van der Waals surface area (Å²) in [6.07, 6.45) is 7.60. The summed E-state index contributed by atoms with van der Waals surface area (Å²) in [7, 11) is 0. The van der Waals surface area contributed by atoms with Crippen LogP contribution in [0.5, 0.6) is 0 Å². The van der Waals surface area contributed by atoms with Crippen molar-refractivity contribution in [3.05, 3.63) is 17.5 Å². The highest BCUT2D eigenvalue weighted by molar-refractivity contribution is 5.26. The zero-order valence-corrected chi connectivity index (χ0v) is 11.8. The molecule has 0 bridgehead atoms. The van der Waals surface area contributed by atoms with Gasteiger partial charge in [0.05, 0.1) is 12.2 Å². The number of nitrogens with zero attached hydrogens (tertiary/aromatic N) is 2. The third kappa shape index (κ3) is 2.46. The van der Waals surface area contributed by atoms with Crippen molar-refractivity contribution in [3.8, 4) is 0 Å². The van der Waals surface area contributed by atoms with Gasteiger partial charge in [-0.15, -0.1) is 0 Å². The topological polar surface area (TPSA) is 29.9 Å². The highest BCUT2D eigenvalue weighted by Gasteiger charge is 2.35. The Morgan fingerprint density at radius 3 is 2.56 bits per heavy atom. The lowest BCUT2D eigenvalue weighted by atomic mass is 10.1. The van der Waals surface area contributed by atoms with Gasteiger partial charge in [-0.2, -0.15) is 5.10 Å². The standard InChI is InChI=1S/C15H25N3/c1-10(2)16-8-14-9-17-18(11(3)12-4-5-12)15(14)13-6-7-13/h9-13,16H,4-8H2,1-3H3. The molecule has 1 atom stereocenters. The van der Waals surface area contributed by atoms with Gasteiger partial charge in [0.2, 0.25) is 0 Å². The molecule has 0 aromatic carbocycles. The van der Waals surface area contributed by atoms with E-state index in [1.807, 2.05) is 0 Å². The molecule has 2 saturated carbocycles. The maximum atomic E-state index is 4.69. The van der Waals surface area contributed by atoms with Crippen molar-refractivity contribution in [2.24, 2.45) is 5.92 Å². The maximum absolute atomic E-state index is 4.69. The molecular weight excluding hydrogens is 222 g/mol. The largest absolute Gasteiger partial charge is 0.310 e. The third-order valence-corrected chi connectivity index (χ3v) is 4.27. The molecule has 0 amide bonds. The van der Waals surface area contributed by atoms with Crippen LogP contribution in [0.2, 0.25) is 0 Å². The van der Waals surface area contributed by atoms with Crippen LogP contribution in [0.3, 0.4) is 0 Å². The fraction of sp³-hybridized carbons (Fsp3) is 0.800. The van der Waals surface area contributed by atoms with Gasteiger partial charge < -0.3 is 5.32 Å². The molecule has 18 heavy (non-hydrogen) atoms. The molecule has 1 aromatic heterocycles. The molecule has 0 saturated heterocycles. The van der Waals surface area contributed by atoms with Crippen LogP contribution in [0.1, 0.15) is 69.7 Å². The molecule has 1 N–H and O–H groups in total. The van der Waals surface area contributed by atoms with E-state index in [-0.39, 0.29) is 0 Å². The van der Waals surface area contributed by atoms with Crippen LogP contribution in [0, 0.1) is 5.92 Å². The quantitative estimate of drug-likeness (QED) is 0.836. The second-order valence-corrected chi connectivity index (χ2v) is 6.39. The van der Waals surface area contributed by atoms with E-state index >= 15 is 0 Å². The molecule has 0 aliphatic heterocycles. The van der Waals surface area contributed by atoms with E-state index in [2.05, 4.69) is 37.0 Å². The summed E-state index contributed by atoms with van der Waals surface area (Å²) in [4.78, 5) is 0. The summed E-state index contributed by atoms with van der Waals surface area (Å²) in [6.45, 7) is 7.72. The summed E-state index contributed by atoms with van der Waals surface area (Å²) in [5.41, 5.74) is 2.96. The van der Waals surface area contributed by atoms with Crippen molar-refractivity contribution in [1.29, 1.82) is 0 Å². The highest BCUT2D eigenvalue weighted by Crippen LogP contribution is 2.46. The predicted octanol–water partition coefficient (Wildman–Crippen LogP) is 3.23. The van der Waals surface area contributed by atoms with Gasteiger partial charge in [0.15, 0.2) is 0 Å². The van der Waals surface area contributed by atoms with Crippen molar-refractivity contribution in [2.75, 3.05) is 0 Å². The summed E-state index contributed by atoms with van der Waals surface area (Å²) in [5, 5.41) is 8.22. The normalized spacial score (nSPS) is 21.6. The Labute approximate surface area is 110 Å². The minimum absolute atomic E-state index is 0.543. The lowest BCUT2D eigenvalue weighted by Crippen LogP contribution is -2.22. The fourth-order valence-electron chi connectivity index (χ4n) is 2.77. The van der Waals surface area contributed by atoms with E-state index in [0.29, 0.717) is 12.1 Å². The molecule has 3 nitrogen and oxygen atoms in total. The van der Waals surface area contributed by atoms with Crippen LogP contribution < -0.4 is 5.32 Å². The zero-order valence-electron chi connectivity index (χ0n) is 11.8. The van der Waals surface area contributed by atoms with Gasteiger partial charge in [-0.1, -0.05) is 13.8 Å². The monoisotopic (exact) mass is 247 g/mol. The lowest BCUT2D eigenvalue weighted by molar-refractivity contribution is 0.424. The fourth-order valence-corrected chi connectivity index (χ4v) is 2.77. The Morgan fingerprint density at radius 2 is 2.00 bits per heavy atom. The second-order valence-electron chi connectivity index (χ2n) is 6.39. The van der Waals surface area contributed by atoms with Gasteiger partial charge in [-0.25, -0.2) is 0 Å². The summed E-state index contributed by atoms with van der Waals surface area (Å²) < 4.78 is 2.34. The maximum Gasteiger partial charge on any atom is 0.0537 e. The van der Waals surface area contributed by atoms with Gasteiger partial charge in [-0.05, 0) is 38.5 Å². The van der Waals surface area contributed by atoms with Crippen LogP contribution in [0.15, 0.2) is 6.20 Å². The van der Waals surface area contributed by atoms with Crippen molar-refractivity contribution >= 4 is 0 Å². The zero-order chi connectivity index (χ0) is 12.7. The first-order valence-electron chi connectivity index (χ1n) is 7.46. The molecule has 0 radical (unpaired) electrons. The van der Waals surface area contributed by atoms with E-state index in [4.69, 9.17) is 5.10 Å². The van der Waals surface area contributed by atoms with Crippen molar-refractivity contribution in [2.45, 2.75) is 71.0 Å². The third-order valence-electron chi connectivity index (χ3n) is 4.27. The van der Waals surface area contributed by atoms with Crippen LogP contribution >= 0.6 is 0 Å². The number of hydrogen-bond donors (Lipinski definition) is 1. The Balaban J connectivity index is 1.80. The minimum Gasteiger partial charge on any atom is -0.310 e. The number of aromatic nitrogens is 2. The minimum atomic E-state index is 0.543. The van der Waals surface area contributed by atoms with Crippen molar-refractivity contribution < 1.29 is 0 Å². The van der Waals surface area contributed by atoms with E-state index < -0.39 is 0 Å². The van der Waals surface area contributed by atoms with E-state index in [1.165, 1.54) is 36.9 Å². The Hall–Kier alpha value is -0.830. The first-order chi connectivity index (χ1) is 8.66. The highest BCUT2D eigenvalue weighted by atomic mass is 15.3. The number of nitrogens with one attached hydrogen (secondary N) is 1. The van der Waals surface area contributed by atoms with Crippen LogP contribution in [-0.4, -0.2) is 15.8 Å². The van der Waals surface area contributed by atoms with Gasteiger partial charge in [0.25, 0.3) is 0 Å². The Morgan fingerprint density at radius 1 is 1.28 bits per heavy atom. The predicted molar refractivity (Wildman–Crippen MR) is 73.6 cm³/mol. The van der Waals surface area contributed by atoms with Crippen molar-refractivity contribution in [3.63, 3.8) is 0 Å². The number of rotatable bonds is 6. The van der Waals surface area contributed by atoms with Gasteiger partial charge in [0.1, 0.15) is 0 Å². The molecule has 2 fully saturated rings. The Bertz CT molecular complexity index is 413.